The van der Waals surface area contributed by atoms with Crippen LogP contribution < -0.4 is 10.7 Å². The largest absolute Gasteiger partial charge is 0.376 e. The maximum Gasteiger partial charge on any atom is 0.187 e. The number of rotatable bonds is 3. The Bertz CT molecular complexity index is 415. The molecule has 21 heavy (non-hydrogen) atoms. The van der Waals surface area contributed by atoms with Crippen molar-refractivity contribution in [2.24, 2.45) is 28.8 Å². The number of hydrogen-bond donors (Lipinski definition) is 2. The predicted octanol–water partition coefficient (Wildman–Crippen LogP) is 2.44. The highest BCUT2D eigenvalue weighted by atomic mass is 32.1. The van der Waals surface area contributed by atoms with E-state index in [0.29, 0.717) is 11.2 Å². The zero-order valence-corrected chi connectivity index (χ0v) is 13.3. The van der Waals surface area contributed by atoms with Gasteiger partial charge in [-0.15, -0.1) is 0 Å². The summed E-state index contributed by atoms with van der Waals surface area (Å²) in [4.78, 5) is 0. The standard InChI is InChI=1S/C16H25N3OS/c21-16(17-9-14-2-1-3-20-14)19-18-15-12-5-10-4-11(7-12)8-13(15)6-10/h10-14H,1-9H2,(H2,17,19,21)/t10?,11?,12?,13?,14-/m0/s1. The quantitative estimate of drug-likeness (QED) is 0.621. The van der Waals surface area contributed by atoms with Crippen LogP contribution in [0.1, 0.15) is 44.9 Å². The first-order valence-corrected chi connectivity index (χ1v) is 8.91. The van der Waals surface area contributed by atoms with Crippen LogP contribution in [0.5, 0.6) is 0 Å². The molecule has 1 heterocycles. The fourth-order valence-corrected chi connectivity index (χ4v) is 5.15. The van der Waals surface area contributed by atoms with Crippen LogP contribution in [0.3, 0.4) is 0 Å². The fourth-order valence-electron chi connectivity index (χ4n) is 5.02. The van der Waals surface area contributed by atoms with Crippen LogP contribution in [0.15, 0.2) is 5.10 Å². The molecule has 2 N–H and O–H groups in total. The average molecular weight is 307 g/mol. The fraction of sp³-hybridized carbons (Fsp3) is 0.875. The minimum Gasteiger partial charge on any atom is -0.376 e. The maximum absolute atomic E-state index is 5.59. The van der Waals surface area contributed by atoms with Gasteiger partial charge in [-0.05, 0) is 80.8 Å². The van der Waals surface area contributed by atoms with E-state index in [1.165, 1.54) is 44.2 Å². The lowest BCUT2D eigenvalue weighted by Crippen LogP contribution is -2.47. The third-order valence-electron chi connectivity index (χ3n) is 5.78. The second-order valence-corrected chi connectivity index (χ2v) is 7.71. The summed E-state index contributed by atoms with van der Waals surface area (Å²) in [5, 5.41) is 8.57. The molecule has 4 nitrogen and oxygen atoms in total. The lowest BCUT2D eigenvalue weighted by atomic mass is 9.55. The van der Waals surface area contributed by atoms with Crippen LogP contribution in [0.2, 0.25) is 0 Å². The molecule has 4 aliphatic carbocycles. The second kappa shape index (κ2) is 5.84. The van der Waals surface area contributed by atoms with Crippen molar-refractivity contribution in [2.75, 3.05) is 13.2 Å². The van der Waals surface area contributed by atoms with E-state index in [-0.39, 0.29) is 0 Å². The van der Waals surface area contributed by atoms with Crippen LogP contribution in [-0.2, 0) is 4.74 Å². The van der Waals surface area contributed by atoms with E-state index in [9.17, 15) is 0 Å². The van der Waals surface area contributed by atoms with Crippen molar-refractivity contribution >= 4 is 23.0 Å². The van der Waals surface area contributed by atoms with Crippen molar-refractivity contribution in [3.05, 3.63) is 0 Å². The molecule has 0 radical (unpaired) electrons. The van der Waals surface area contributed by atoms with Crippen LogP contribution in [0.4, 0.5) is 0 Å². The molecule has 1 aliphatic heterocycles. The molecule has 4 saturated carbocycles. The van der Waals surface area contributed by atoms with Crippen molar-refractivity contribution in [3.63, 3.8) is 0 Å². The Balaban J connectivity index is 1.30. The van der Waals surface area contributed by atoms with Crippen molar-refractivity contribution in [1.29, 1.82) is 0 Å². The summed E-state index contributed by atoms with van der Waals surface area (Å²) in [5.41, 5.74) is 4.49. The molecule has 0 spiro atoms. The zero-order valence-electron chi connectivity index (χ0n) is 12.5. The Kier molecular flexibility index (Phi) is 3.88. The summed E-state index contributed by atoms with van der Waals surface area (Å²) in [7, 11) is 0. The summed E-state index contributed by atoms with van der Waals surface area (Å²) in [6.45, 7) is 1.69. The van der Waals surface area contributed by atoms with Gasteiger partial charge in [-0.3, -0.25) is 5.43 Å². The summed E-state index contributed by atoms with van der Waals surface area (Å²) in [5.74, 6) is 3.43. The van der Waals surface area contributed by atoms with Crippen molar-refractivity contribution in [2.45, 2.75) is 51.0 Å². The Morgan fingerprint density at radius 3 is 2.48 bits per heavy atom. The molecule has 0 amide bonds. The number of hydrogen-bond acceptors (Lipinski definition) is 3. The Morgan fingerprint density at radius 1 is 1.14 bits per heavy atom. The van der Waals surface area contributed by atoms with E-state index in [1.54, 1.807) is 0 Å². The van der Waals surface area contributed by atoms with Gasteiger partial charge in [0.15, 0.2) is 5.11 Å². The molecule has 4 bridgehead atoms. The lowest BCUT2D eigenvalue weighted by molar-refractivity contribution is 0.108. The first-order chi connectivity index (χ1) is 10.3. The van der Waals surface area contributed by atoms with Gasteiger partial charge in [0.2, 0.25) is 0 Å². The zero-order chi connectivity index (χ0) is 14.2. The summed E-state index contributed by atoms with van der Waals surface area (Å²) in [6.07, 6.45) is 9.56. The van der Waals surface area contributed by atoms with Crippen LogP contribution >= 0.6 is 12.2 Å². The highest BCUT2D eigenvalue weighted by molar-refractivity contribution is 7.80. The third kappa shape index (κ3) is 2.95. The van der Waals surface area contributed by atoms with Gasteiger partial charge < -0.3 is 10.1 Å². The maximum atomic E-state index is 5.59. The van der Waals surface area contributed by atoms with Gasteiger partial charge in [0.1, 0.15) is 0 Å². The van der Waals surface area contributed by atoms with E-state index in [1.807, 2.05) is 0 Å². The number of nitrogens with one attached hydrogen (secondary N) is 2. The number of ether oxygens (including phenoxy) is 1. The van der Waals surface area contributed by atoms with E-state index >= 15 is 0 Å². The number of hydrazone groups is 1. The van der Waals surface area contributed by atoms with Crippen molar-refractivity contribution < 1.29 is 4.74 Å². The molecule has 5 fully saturated rings. The lowest BCUT2D eigenvalue weighted by Gasteiger charge is -2.50. The SMILES string of the molecule is S=C(NC[C@@H]1CCCO1)NN=C1C2CC3CC(C2)CC1C3. The highest BCUT2D eigenvalue weighted by Crippen LogP contribution is 2.52. The van der Waals surface area contributed by atoms with E-state index in [4.69, 9.17) is 22.1 Å². The monoisotopic (exact) mass is 307 g/mol. The van der Waals surface area contributed by atoms with Gasteiger partial charge in [0.05, 0.1) is 6.10 Å². The molecule has 1 atom stereocenters. The number of nitrogens with zero attached hydrogens (tertiary/aromatic N) is 1. The minimum absolute atomic E-state index is 0.318. The summed E-state index contributed by atoms with van der Waals surface area (Å²) >= 11 is 5.34. The normalized spacial score (nSPS) is 40.4. The van der Waals surface area contributed by atoms with Crippen molar-refractivity contribution in [3.8, 4) is 0 Å². The van der Waals surface area contributed by atoms with Crippen LogP contribution in [0.25, 0.3) is 0 Å². The van der Waals surface area contributed by atoms with Crippen LogP contribution in [-0.4, -0.2) is 30.1 Å². The molecule has 116 valence electrons. The summed E-state index contributed by atoms with van der Waals surface area (Å²) in [6, 6.07) is 0. The molecule has 0 aromatic rings. The minimum atomic E-state index is 0.318. The first-order valence-electron chi connectivity index (χ1n) is 8.51. The predicted molar refractivity (Wildman–Crippen MR) is 87.2 cm³/mol. The van der Waals surface area contributed by atoms with Gasteiger partial charge in [0.25, 0.3) is 0 Å². The molecule has 5 aliphatic rings. The van der Waals surface area contributed by atoms with E-state index in [2.05, 4.69) is 10.7 Å². The second-order valence-electron chi connectivity index (χ2n) is 7.30. The topological polar surface area (TPSA) is 45.6 Å². The number of thiocarbonyl (C=S) groups is 1. The van der Waals surface area contributed by atoms with Gasteiger partial charge in [-0.25, -0.2) is 0 Å². The molecule has 5 heteroatoms. The molecule has 0 aromatic carbocycles. The molecule has 5 rings (SSSR count). The highest BCUT2D eigenvalue weighted by Gasteiger charge is 2.46. The first kappa shape index (κ1) is 13.9. The molecule has 1 saturated heterocycles. The van der Waals surface area contributed by atoms with Gasteiger partial charge in [-0.2, -0.15) is 5.10 Å². The molecular weight excluding hydrogens is 282 g/mol. The smallest absolute Gasteiger partial charge is 0.187 e. The Morgan fingerprint density at radius 2 is 1.86 bits per heavy atom. The average Bonchev–Trinajstić information content (AvgIpc) is 2.97. The van der Waals surface area contributed by atoms with Crippen molar-refractivity contribution in [1.82, 2.24) is 10.7 Å². The van der Waals surface area contributed by atoms with Gasteiger partial charge in [-0.1, -0.05) is 0 Å². The molecular formula is C16H25N3OS. The van der Waals surface area contributed by atoms with E-state index in [0.717, 1.165) is 43.2 Å². The Labute approximate surface area is 132 Å². The summed E-state index contributed by atoms with van der Waals surface area (Å²) < 4.78 is 5.59. The van der Waals surface area contributed by atoms with E-state index < -0.39 is 0 Å². The molecule has 0 unspecified atom stereocenters. The van der Waals surface area contributed by atoms with Gasteiger partial charge >= 0.3 is 0 Å². The molecule has 0 aromatic heterocycles. The Hall–Kier alpha value is -0.680. The van der Waals surface area contributed by atoms with Gasteiger partial charge in [0, 0.05) is 18.9 Å². The third-order valence-corrected chi connectivity index (χ3v) is 6.01. The van der Waals surface area contributed by atoms with Crippen LogP contribution in [0, 0.1) is 23.7 Å².